The number of thiol groups is 2. The van der Waals surface area contributed by atoms with E-state index in [1.165, 1.54) is 34.4 Å². The zero-order chi connectivity index (χ0) is 33.9. The highest BCUT2D eigenvalue weighted by molar-refractivity contribution is 8.39. The number of nitrogens with zero attached hydrogens (tertiary/aromatic N) is 8. The summed E-state index contributed by atoms with van der Waals surface area (Å²) in [5.41, 5.74) is 1.38. The Kier molecular flexibility index (Phi) is 11.3. The molecule has 48 heavy (non-hydrogen) atoms. The molecule has 260 valence electrons. The van der Waals surface area contributed by atoms with Crippen molar-refractivity contribution in [3.05, 3.63) is 37.5 Å². The number of imidazole rings is 2. The predicted octanol–water partition coefficient (Wildman–Crippen LogP) is 0.934. The van der Waals surface area contributed by atoms with Crippen molar-refractivity contribution in [1.29, 1.82) is 0 Å². The summed E-state index contributed by atoms with van der Waals surface area (Å²) in [6.45, 7) is -0.347. The minimum absolute atomic E-state index is 0.274. The van der Waals surface area contributed by atoms with Crippen LogP contribution in [0.5, 0.6) is 0 Å². The summed E-state index contributed by atoms with van der Waals surface area (Å²) in [5, 5.41) is 36.0. The van der Waals surface area contributed by atoms with Gasteiger partial charge in [0, 0.05) is 13.1 Å². The van der Waals surface area contributed by atoms with Crippen LogP contribution in [-0.2, 0) is 27.7 Å². The number of aliphatic hydroxyl groups is 3. The van der Waals surface area contributed by atoms with Crippen molar-refractivity contribution in [1.82, 2.24) is 39.0 Å². The molecule has 4 aromatic rings. The van der Waals surface area contributed by atoms with E-state index in [0.29, 0.717) is 41.4 Å². The van der Waals surface area contributed by atoms with Gasteiger partial charge < -0.3 is 44.5 Å². The van der Waals surface area contributed by atoms with E-state index in [4.69, 9.17) is 18.5 Å². The van der Waals surface area contributed by atoms with Crippen molar-refractivity contribution in [2.24, 2.45) is 0 Å². The largest absolute Gasteiger partial charge is 0.394 e. The van der Waals surface area contributed by atoms with E-state index in [2.05, 4.69) is 65.0 Å². The van der Waals surface area contributed by atoms with Crippen LogP contribution in [0.1, 0.15) is 12.5 Å². The molecule has 0 radical (unpaired) electrons. The van der Waals surface area contributed by atoms with E-state index in [-0.39, 0.29) is 5.65 Å². The van der Waals surface area contributed by atoms with Gasteiger partial charge in [0.15, 0.2) is 52.6 Å². The zero-order valence-electron chi connectivity index (χ0n) is 24.6. The molecule has 2 aliphatic heterocycles. The SMILES string of the molecule is O=[PH](S)O[C@@H]1[C@H](O)C(CO)O[C@H]1n1cnc2c(NC/C=C/CNc3ncnc4c3ncn4[C@@H]3O[C@H](CO)[C@@H](O[PH](=O)S)[C@H]3F)ncnc21. The number of fused-ring (bicyclic) bond motifs is 2. The summed E-state index contributed by atoms with van der Waals surface area (Å²) in [6.07, 6.45) is -0.590. The lowest BCUT2D eigenvalue weighted by molar-refractivity contribution is -0.0481. The molecule has 5 N–H and O–H groups in total. The summed E-state index contributed by atoms with van der Waals surface area (Å²) in [4.78, 5) is 25.7. The first-order valence-electron chi connectivity index (χ1n) is 14.3. The molecule has 0 aromatic carbocycles. The minimum atomic E-state index is -2.79. The molecule has 0 aliphatic carbocycles. The molecule has 10 atom stereocenters. The fourth-order valence-corrected chi connectivity index (χ4v) is 7.21. The smallest absolute Gasteiger partial charge is 0.243 e. The number of anilines is 2. The number of ether oxygens (including phenoxy) is 2. The first-order valence-corrected chi connectivity index (χ1v) is 19.5. The molecular weight excluding hydrogens is 717 g/mol. The Hall–Kier alpha value is -2.75. The first-order chi connectivity index (χ1) is 23.2. The Bertz CT molecular complexity index is 1820. The standard InChI is InChI=1S/C24H31FN10O9P2S2/c25-13-17(43-45(39)47)12(6-37)42-23(13)34-9-32-14-19(28-7-30-21(14)34)26-3-1-2-4-27-20-15-22(31-8-29-20)35(10-33-15)24-18(44-46(40)48)16(38)11(5-36)41-24/h1-2,7-13,16-18,23-24,36-38,45-46H,3-6H2,(H,39,47)(H,40,48)(H,26,28,30)(H,27,29,31)/b2-1+/t11?,12-,13-,16-,17-,18-,23-,24-/m1/s1. The second kappa shape index (κ2) is 15.4. The highest BCUT2D eigenvalue weighted by atomic mass is 32.7. The van der Waals surface area contributed by atoms with E-state index in [0.717, 1.165) is 0 Å². The van der Waals surface area contributed by atoms with Crippen LogP contribution in [0.15, 0.2) is 37.5 Å². The molecule has 4 aromatic heterocycles. The van der Waals surface area contributed by atoms with Gasteiger partial charge in [-0.2, -0.15) is 0 Å². The molecule has 0 saturated carbocycles. The van der Waals surface area contributed by atoms with Crippen LogP contribution in [0.4, 0.5) is 16.0 Å². The second-order valence-corrected chi connectivity index (χ2v) is 14.2. The molecular formula is C24H31FN10O9P2S2. The summed E-state index contributed by atoms with van der Waals surface area (Å²) in [6, 6.07) is 0. The van der Waals surface area contributed by atoms with Crippen molar-refractivity contribution in [2.45, 2.75) is 49.1 Å². The van der Waals surface area contributed by atoms with Crippen molar-refractivity contribution in [2.75, 3.05) is 36.9 Å². The summed E-state index contributed by atoms with van der Waals surface area (Å²) < 4.78 is 63.1. The third-order valence-electron chi connectivity index (χ3n) is 7.62. The van der Waals surface area contributed by atoms with Crippen molar-refractivity contribution < 1.29 is 47.4 Å². The summed E-state index contributed by atoms with van der Waals surface area (Å²) >= 11 is 7.53. The van der Waals surface area contributed by atoms with Crippen LogP contribution in [0, 0.1) is 0 Å². The summed E-state index contributed by atoms with van der Waals surface area (Å²) in [5.74, 6) is 0.794. The quantitative estimate of drug-likeness (QED) is 0.0539. The molecule has 0 spiro atoms. The number of halogens is 1. The van der Waals surface area contributed by atoms with Gasteiger partial charge >= 0.3 is 0 Å². The molecule has 2 aliphatic rings. The van der Waals surface area contributed by atoms with Gasteiger partial charge in [-0.25, -0.2) is 34.3 Å². The molecule has 3 unspecified atom stereocenters. The van der Waals surface area contributed by atoms with E-state index >= 15 is 4.39 Å². The van der Waals surface area contributed by atoms with Crippen LogP contribution in [-0.4, -0.2) is 117 Å². The fourth-order valence-electron chi connectivity index (χ4n) is 5.47. The van der Waals surface area contributed by atoms with Gasteiger partial charge in [0.1, 0.15) is 43.2 Å². The van der Waals surface area contributed by atoms with Gasteiger partial charge in [0.05, 0.1) is 25.9 Å². The maximum atomic E-state index is 15.2. The number of aliphatic hydroxyl groups excluding tert-OH is 3. The number of rotatable bonds is 14. The average Bonchev–Trinajstić information content (AvgIpc) is 3.83. The third kappa shape index (κ3) is 7.10. The maximum absolute atomic E-state index is 15.2. The molecule has 0 bridgehead atoms. The topological polar surface area (TPSA) is 243 Å². The Morgan fingerprint density at radius 3 is 1.83 bits per heavy atom. The monoisotopic (exact) mass is 748 g/mol. The molecule has 6 rings (SSSR count). The van der Waals surface area contributed by atoms with Crippen LogP contribution in [0.2, 0.25) is 0 Å². The van der Waals surface area contributed by atoms with Gasteiger partial charge in [-0.3, -0.25) is 18.3 Å². The number of hydrogen-bond donors (Lipinski definition) is 7. The summed E-state index contributed by atoms with van der Waals surface area (Å²) in [7, 11) is -5.53. The minimum Gasteiger partial charge on any atom is -0.394 e. The predicted molar refractivity (Wildman–Crippen MR) is 175 cm³/mol. The third-order valence-corrected chi connectivity index (χ3v) is 9.20. The van der Waals surface area contributed by atoms with Gasteiger partial charge in [-0.05, 0) is 0 Å². The normalized spacial score (nSPS) is 28.9. The average molecular weight is 749 g/mol. The Labute approximate surface area is 282 Å². The Morgan fingerprint density at radius 2 is 1.31 bits per heavy atom. The van der Waals surface area contributed by atoms with Crippen LogP contribution in [0.3, 0.4) is 0 Å². The van der Waals surface area contributed by atoms with E-state index in [1.807, 2.05) is 12.2 Å². The zero-order valence-corrected chi connectivity index (χ0v) is 28.3. The highest BCUT2D eigenvalue weighted by Crippen LogP contribution is 2.42. The Morgan fingerprint density at radius 1 is 0.812 bits per heavy atom. The Balaban J connectivity index is 1.08. The van der Waals surface area contributed by atoms with Gasteiger partial charge in [-0.15, -0.1) is 0 Å². The van der Waals surface area contributed by atoms with Gasteiger partial charge in [0.2, 0.25) is 14.5 Å². The van der Waals surface area contributed by atoms with E-state index in [1.54, 1.807) is 0 Å². The second-order valence-electron chi connectivity index (χ2n) is 10.5. The van der Waals surface area contributed by atoms with Crippen LogP contribution < -0.4 is 10.6 Å². The first kappa shape index (κ1) is 35.1. The molecule has 19 nitrogen and oxygen atoms in total. The number of nitrogens with one attached hydrogen (secondary N) is 2. The number of hydrogen-bond acceptors (Lipinski definition) is 17. The molecule has 2 saturated heterocycles. The highest BCUT2D eigenvalue weighted by Gasteiger charge is 2.48. The van der Waals surface area contributed by atoms with Crippen molar-refractivity contribution in [3.8, 4) is 0 Å². The van der Waals surface area contributed by atoms with E-state index < -0.39 is 76.8 Å². The molecule has 0 amide bonds. The van der Waals surface area contributed by atoms with Crippen LogP contribution >= 0.6 is 39.0 Å². The molecule has 24 heteroatoms. The van der Waals surface area contributed by atoms with Crippen LogP contribution in [0.25, 0.3) is 22.3 Å². The molecule has 6 heterocycles. The van der Waals surface area contributed by atoms with Gasteiger partial charge in [0.25, 0.3) is 0 Å². The fraction of sp³-hybridized carbons (Fsp3) is 0.500. The lowest BCUT2D eigenvalue weighted by atomic mass is 10.1. The van der Waals surface area contributed by atoms with Crippen molar-refractivity contribution in [3.63, 3.8) is 0 Å². The number of aromatic nitrogens is 8. The number of alkyl halides is 1. The molecule has 2 fully saturated rings. The lowest BCUT2D eigenvalue weighted by Crippen LogP contribution is -2.34. The lowest BCUT2D eigenvalue weighted by Gasteiger charge is -2.20. The van der Waals surface area contributed by atoms with E-state index in [9.17, 15) is 24.4 Å². The van der Waals surface area contributed by atoms with Gasteiger partial charge in [-0.1, -0.05) is 36.6 Å². The van der Waals surface area contributed by atoms with Crippen molar-refractivity contribution >= 4 is 72.9 Å². The maximum Gasteiger partial charge on any atom is 0.243 e.